The Morgan fingerprint density at radius 2 is 1.57 bits per heavy atom. The van der Waals surface area contributed by atoms with E-state index >= 15 is 0 Å². The average molecular weight is 486 g/mol. The fourth-order valence-corrected chi connectivity index (χ4v) is 4.61. The molecule has 7 heteroatoms. The molecule has 5 unspecified atom stereocenters. The van der Waals surface area contributed by atoms with Gasteiger partial charge in [0.1, 0.15) is 12.1 Å². The second-order valence-electron chi connectivity index (χ2n) is 10.5. The maximum absolute atomic E-state index is 13.3. The van der Waals surface area contributed by atoms with E-state index in [1.54, 1.807) is 6.92 Å². The molecule has 0 aromatic heterocycles. The van der Waals surface area contributed by atoms with E-state index in [1.165, 1.54) is 0 Å². The van der Waals surface area contributed by atoms with Gasteiger partial charge in [-0.15, -0.1) is 0 Å². The first kappa shape index (κ1) is 28.5. The van der Waals surface area contributed by atoms with Crippen molar-refractivity contribution in [3.63, 3.8) is 0 Å². The molecule has 0 aliphatic carbocycles. The first-order valence-electron chi connectivity index (χ1n) is 13.1. The number of nitrogens with one attached hydrogen (secondary N) is 3. The standard InChI is InChI=1S/C28H43N3O4/c1-6-7-11-19(4)22-16-25(32)23(14-18(2)3)31-27(34)20(5)29-28(35)24(30-26(33)17-22)15-21-12-9-8-10-13-21/h8-10,12-13,18-20,22-24H,6-7,11,14-17H2,1-5H3,(H,29,35)(H,30,33)(H,31,34). The summed E-state index contributed by atoms with van der Waals surface area (Å²) in [5.41, 5.74) is 0.911. The minimum absolute atomic E-state index is 0.0493. The molecule has 1 fully saturated rings. The molecule has 0 radical (unpaired) electrons. The third-order valence-electron chi connectivity index (χ3n) is 6.83. The predicted octanol–water partition coefficient (Wildman–Crippen LogP) is 3.55. The van der Waals surface area contributed by atoms with Crippen LogP contribution in [0.4, 0.5) is 0 Å². The number of carbonyl (C=O) groups excluding carboxylic acids is 4. The van der Waals surface area contributed by atoms with Crippen LogP contribution in [0.15, 0.2) is 30.3 Å². The Morgan fingerprint density at radius 3 is 2.20 bits per heavy atom. The van der Waals surface area contributed by atoms with Crippen LogP contribution in [0.3, 0.4) is 0 Å². The van der Waals surface area contributed by atoms with Gasteiger partial charge in [0, 0.05) is 19.3 Å². The van der Waals surface area contributed by atoms with Crippen LogP contribution in [0, 0.1) is 17.8 Å². The number of ketones is 1. The van der Waals surface area contributed by atoms with Gasteiger partial charge in [-0.05, 0) is 36.7 Å². The number of benzene rings is 1. The maximum Gasteiger partial charge on any atom is 0.243 e. The summed E-state index contributed by atoms with van der Waals surface area (Å²) >= 11 is 0. The van der Waals surface area contributed by atoms with Crippen molar-refractivity contribution >= 4 is 23.5 Å². The Bertz CT molecular complexity index is 855. The molecule has 3 N–H and O–H groups in total. The summed E-state index contributed by atoms with van der Waals surface area (Å²) < 4.78 is 0. The molecule has 1 aromatic carbocycles. The summed E-state index contributed by atoms with van der Waals surface area (Å²) in [4.78, 5) is 52.5. The number of Topliss-reactive ketones (excluding diaryl/α,β-unsaturated/α-hetero) is 1. The van der Waals surface area contributed by atoms with E-state index in [0.29, 0.717) is 12.8 Å². The monoisotopic (exact) mass is 485 g/mol. The summed E-state index contributed by atoms with van der Waals surface area (Å²) in [6, 6.07) is 7.20. The van der Waals surface area contributed by atoms with E-state index in [2.05, 4.69) is 29.8 Å². The highest BCUT2D eigenvalue weighted by Crippen LogP contribution is 2.26. The van der Waals surface area contributed by atoms with Crippen LogP contribution >= 0.6 is 0 Å². The lowest BCUT2D eigenvalue weighted by Crippen LogP contribution is -2.55. The molecule has 7 nitrogen and oxygen atoms in total. The van der Waals surface area contributed by atoms with Crippen LogP contribution < -0.4 is 16.0 Å². The molecule has 5 atom stereocenters. The lowest BCUT2D eigenvalue weighted by molar-refractivity contribution is -0.132. The molecule has 3 amide bonds. The van der Waals surface area contributed by atoms with Crippen LogP contribution in [0.1, 0.15) is 78.7 Å². The predicted molar refractivity (Wildman–Crippen MR) is 137 cm³/mol. The third kappa shape index (κ3) is 9.46. The summed E-state index contributed by atoms with van der Waals surface area (Å²) in [6.45, 7) is 9.83. The minimum Gasteiger partial charge on any atom is -0.345 e. The third-order valence-corrected chi connectivity index (χ3v) is 6.83. The average Bonchev–Trinajstić information content (AvgIpc) is 2.81. The lowest BCUT2D eigenvalue weighted by Gasteiger charge is -2.26. The van der Waals surface area contributed by atoms with E-state index in [9.17, 15) is 19.2 Å². The van der Waals surface area contributed by atoms with E-state index in [4.69, 9.17) is 0 Å². The van der Waals surface area contributed by atoms with Crippen LogP contribution in [-0.2, 0) is 25.6 Å². The quantitative estimate of drug-likeness (QED) is 0.524. The molecule has 1 heterocycles. The van der Waals surface area contributed by atoms with Gasteiger partial charge in [0.25, 0.3) is 0 Å². The van der Waals surface area contributed by atoms with Gasteiger partial charge in [-0.2, -0.15) is 0 Å². The SMILES string of the molecule is CCCCC(C)C1CC(=O)NC(Cc2ccccc2)C(=O)NC(C)C(=O)NC(CC(C)C)C(=O)C1. The Labute approximate surface area is 210 Å². The number of amides is 3. The number of hydrogen-bond acceptors (Lipinski definition) is 4. The Morgan fingerprint density at radius 1 is 0.886 bits per heavy atom. The molecule has 2 rings (SSSR count). The highest BCUT2D eigenvalue weighted by Gasteiger charge is 2.32. The summed E-state index contributed by atoms with van der Waals surface area (Å²) in [5, 5.41) is 8.50. The van der Waals surface area contributed by atoms with E-state index < -0.39 is 29.9 Å². The van der Waals surface area contributed by atoms with Crippen molar-refractivity contribution in [3.05, 3.63) is 35.9 Å². The lowest BCUT2D eigenvalue weighted by atomic mass is 9.81. The fourth-order valence-electron chi connectivity index (χ4n) is 4.61. The Kier molecular flexibility index (Phi) is 11.4. The molecule has 0 spiro atoms. The number of hydrogen-bond donors (Lipinski definition) is 3. The van der Waals surface area contributed by atoms with Gasteiger partial charge in [-0.25, -0.2) is 0 Å². The molecular weight excluding hydrogens is 442 g/mol. The number of carbonyl (C=O) groups is 4. The van der Waals surface area contributed by atoms with Crippen molar-refractivity contribution in [1.82, 2.24) is 16.0 Å². The summed E-state index contributed by atoms with van der Waals surface area (Å²) in [7, 11) is 0. The number of rotatable bonds is 8. The summed E-state index contributed by atoms with van der Waals surface area (Å²) in [5.74, 6) is -0.868. The first-order valence-corrected chi connectivity index (χ1v) is 13.1. The Balaban J connectivity index is 2.35. The maximum atomic E-state index is 13.3. The minimum atomic E-state index is -0.833. The van der Waals surface area contributed by atoms with Crippen LogP contribution in [-0.4, -0.2) is 41.6 Å². The van der Waals surface area contributed by atoms with Crippen molar-refractivity contribution in [2.24, 2.45) is 17.8 Å². The van der Waals surface area contributed by atoms with Gasteiger partial charge >= 0.3 is 0 Å². The topological polar surface area (TPSA) is 104 Å². The zero-order valence-corrected chi connectivity index (χ0v) is 21.9. The van der Waals surface area contributed by atoms with Gasteiger partial charge in [-0.3, -0.25) is 19.2 Å². The van der Waals surface area contributed by atoms with Crippen molar-refractivity contribution in [2.75, 3.05) is 0 Å². The second kappa shape index (κ2) is 14.0. The highest BCUT2D eigenvalue weighted by molar-refractivity contribution is 5.95. The van der Waals surface area contributed by atoms with Crippen LogP contribution in [0.5, 0.6) is 0 Å². The zero-order valence-electron chi connectivity index (χ0n) is 21.9. The largest absolute Gasteiger partial charge is 0.345 e. The second-order valence-corrected chi connectivity index (χ2v) is 10.5. The molecule has 0 bridgehead atoms. The Hall–Kier alpha value is -2.70. The van der Waals surface area contributed by atoms with Gasteiger partial charge in [0.05, 0.1) is 6.04 Å². The molecule has 1 saturated heterocycles. The van der Waals surface area contributed by atoms with Crippen molar-refractivity contribution in [2.45, 2.75) is 97.7 Å². The van der Waals surface area contributed by atoms with E-state index in [1.807, 2.05) is 44.2 Å². The highest BCUT2D eigenvalue weighted by atomic mass is 16.2. The van der Waals surface area contributed by atoms with Crippen molar-refractivity contribution < 1.29 is 19.2 Å². The van der Waals surface area contributed by atoms with Gasteiger partial charge in [0.2, 0.25) is 17.7 Å². The summed E-state index contributed by atoms with van der Waals surface area (Å²) in [6.07, 6.45) is 4.23. The van der Waals surface area contributed by atoms with Crippen LogP contribution in [0.25, 0.3) is 0 Å². The van der Waals surface area contributed by atoms with Gasteiger partial charge in [0.15, 0.2) is 5.78 Å². The fraction of sp³-hybridized carbons (Fsp3) is 0.643. The smallest absolute Gasteiger partial charge is 0.243 e. The van der Waals surface area contributed by atoms with Crippen LogP contribution in [0.2, 0.25) is 0 Å². The number of unbranched alkanes of at least 4 members (excludes halogenated alkanes) is 1. The van der Waals surface area contributed by atoms with E-state index in [0.717, 1.165) is 24.8 Å². The molecule has 1 aliphatic heterocycles. The van der Waals surface area contributed by atoms with Gasteiger partial charge < -0.3 is 16.0 Å². The van der Waals surface area contributed by atoms with E-state index in [-0.39, 0.29) is 42.3 Å². The van der Waals surface area contributed by atoms with Crippen molar-refractivity contribution in [1.29, 1.82) is 0 Å². The molecule has 1 aromatic rings. The first-order chi connectivity index (χ1) is 16.6. The zero-order chi connectivity index (χ0) is 26.0. The van der Waals surface area contributed by atoms with Gasteiger partial charge in [-0.1, -0.05) is 77.3 Å². The molecule has 1 aliphatic rings. The molecule has 0 saturated carbocycles. The molecule has 35 heavy (non-hydrogen) atoms. The van der Waals surface area contributed by atoms with Crippen molar-refractivity contribution in [3.8, 4) is 0 Å². The normalized spacial score (nSPS) is 25.5. The molecule has 194 valence electrons. The molecular formula is C28H43N3O4.